The zero-order valence-corrected chi connectivity index (χ0v) is 12.0. The zero-order valence-electron chi connectivity index (χ0n) is 11.2. The molecule has 1 aliphatic rings. The Bertz CT molecular complexity index is 388. The first-order valence-corrected chi connectivity index (χ1v) is 7.14. The molecule has 1 aromatic carbocycles. The molecule has 3 heteroatoms. The zero-order chi connectivity index (χ0) is 13.0. The van der Waals surface area contributed by atoms with E-state index in [1.54, 1.807) is 7.11 Å². The lowest BCUT2D eigenvalue weighted by Gasteiger charge is -2.20. The average Bonchev–Trinajstić information content (AvgIpc) is 2.90. The second-order valence-electron chi connectivity index (χ2n) is 5.18. The Morgan fingerprint density at radius 1 is 1.39 bits per heavy atom. The van der Waals surface area contributed by atoms with E-state index in [1.807, 2.05) is 12.1 Å². The highest BCUT2D eigenvalue weighted by atomic mass is 35.5. The third kappa shape index (κ3) is 3.39. The van der Waals surface area contributed by atoms with Gasteiger partial charge in [0.1, 0.15) is 5.75 Å². The summed E-state index contributed by atoms with van der Waals surface area (Å²) >= 11 is 6.12. The van der Waals surface area contributed by atoms with Gasteiger partial charge in [-0.25, -0.2) is 0 Å². The van der Waals surface area contributed by atoms with E-state index < -0.39 is 0 Å². The SMILES string of the molecule is COc1ccc(CN[C@@H](C)C2CCCC2)cc1Cl. The van der Waals surface area contributed by atoms with Gasteiger partial charge in [-0.2, -0.15) is 0 Å². The van der Waals surface area contributed by atoms with Gasteiger partial charge in [0.25, 0.3) is 0 Å². The third-order valence-electron chi connectivity index (χ3n) is 3.95. The van der Waals surface area contributed by atoms with Crippen LogP contribution in [0.3, 0.4) is 0 Å². The number of halogens is 1. The molecule has 0 bridgehead atoms. The number of benzene rings is 1. The first-order chi connectivity index (χ1) is 8.70. The summed E-state index contributed by atoms with van der Waals surface area (Å²) in [4.78, 5) is 0. The van der Waals surface area contributed by atoms with E-state index in [9.17, 15) is 0 Å². The van der Waals surface area contributed by atoms with Crippen LogP contribution in [-0.4, -0.2) is 13.2 Å². The van der Waals surface area contributed by atoms with Crippen molar-refractivity contribution >= 4 is 11.6 Å². The predicted molar refractivity (Wildman–Crippen MR) is 76.3 cm³/mol. The van der Waals surface area contributed by atoms with Crippen LogP contribution >= 0.6 is 11.6 Å². The lowest BCUT2D eigenvalue weighted by Crippen LogP contribution is -2.31. The van der Waals surface area contributed by atoms with Crippen molar-refractivity contribution in [2.75, 3.05) is 7.11 Å². The fourth-order valence-electron chi connectivity index (χ4n) is 2.72. The van der Waals surface area contributed by atoms with Gasteiger partial charge in [-0.3, -0.25) is 0 Å². The quantitative estimate of drug-likeness (QED) is 0.870. The standard InChI is InChI=1S/C15H22ClNO/c1-11(13-5-3-4-6-13)17-10-12-7-8-15(18-2)14(16)9-12/h7-9,11,13,17H,3-6,10H2,1-2H3/t11-/m0/s1. The fraction of sp³-hybridized carbons (Fsp3) is 0.600. The molecule has 0 aliphatic heterocycles. The maximum absolute atomic E-state index is 6.12. The molecule has 0 aromatic heterocycles. The highest BCUT2D eigenvalue weighted by Crippen LogP contribution is 2.28. The van der Waals surface area contributed by atoms with Crippen LogP contribution in [0.25, 0.3) is 0 Å². The smallest absolute Gasteiger partial charge is 0.137 e. The van der Waals surface area contributed by atoms with Crippen LogP contribution in [-0.2, 0) is 6.54 Å². The minimum atomic E-state index is 0.591. The van der Waals surface area contributed by atoms with E-state index in [1.165, 1.54) is 31.2 Å². The van der Waals surface area contributed by atoms with E-state index in [2.05, 4.69) is 18.3 Å². The van der Waals surface area contributed by atoms with E-state index in [4.69, 9.17) is 16.3 Å². The van der Waals surface area contributed by atoms with Crippen molar-refractivity contribution in [3.63, 3.8) is 0 Å². The third-order valence-corrected chi connectivity index (χ3v) is 4.25. The van der Waals surface area contributed by atoms with Crippen molar-refractivity contribution in [3.05, 3.63) is 28.8 Å². The molecule has 0 heterocycles. The molecule has 1 aromatic rings. The van der Waals surface area contributed by atoms with Crippen molar-refractivity contribution < 1.29 is 4.74 Å². The maximum Gasteiger partial charge on any atom is 0.137 e. The van der Waals surface area contributed by atoms with Crippen LogP contribution in [0.15, 0.2) is 18.2 Å². The summed E-state index contributed by atoms with van der Waals surface area (Å²) in [6.45, 7) is 3.17. The fourth-order valence-corrected chi connectivity index (χ4v) is 3.00. The van der Waals surface area contributed by atoms with E-state index in [0.29, 0.717) is 11.1 Å². The normalized spacial score (nSPS) is 17.9. The predicted octanol–water partition coefficient (Wildman–Crippen LogP) is 4.02. The van der Waals surface area contributed by atoms with E-state index in [0.717, 1.165) is 18.2 Å². The van der Waals surface area contributed by atoms with Crippen LogP contribution < -0.4 is 10.1 Å². The van der Waals surface area contributed by atoms with E-state index >= 15 is 0 Å². The molecule has 100 valence electrons. The second-order valence-corrected chi connectivity index (χ2v) is 5.59. The molecule has 0 saturated heterocycles. The molecule has 1 atom stereocenters. The van der Waals surface area contributed by atoms with Gasteiger partial charge >= 0.3 is 0 Å². The van der Waals surface area contributed by atoms with Gasteiger partial charge in [0, 0.05) is 12.6 Å². The summed E-state index contributed by atoms with van der Waals surface area (Å²) in [6.07, 6.45) is 5.53. The Balaban J connectivity index is 1.87. The molecule has 0 spiro atoms. The number of ether oxygens (including phenoxy) is 1. The Kier molecular flexibility index (Phi) is 4.90. The first kappa shape index (κ1) is 13.7. The second kappa shape index (κ2) is 6.44. The molecule has 2 nitrogen and oxygen atoms in total. The van der Waals surface area contributed by atoms with Gasteiger partial charge in [0.2, 0.25) is 0 Å². The minimum Gasteiger partial charge on any atom is -0.495 e. The molecule has 0 radical (unpaired) electrons. The van der Waals surface area contributed by atoms with Gasteiger partial charge in [0.15, 0.2) is 0 Å². The monoisotopic (exact) mass is 267 g/mol. The molecule has 0 unspecified atom stereocenters. The summed E-state index contributed by atoms with van der Waals surface area (Å²) in [7, 11) is 1.64. The van der Waals surface area contributed by atoms with Crippen molar-refractivity contribution in [1.82, 2.24) is 5.32 Å². The van der Waals surface area contributed by atoms with Crippen molar-refractivity contribution in [1.29, 1.82) is 0 Å². The molecule has 18 heavy (non-hydrogen) atoms. The van der Waals surface area contributed by atoms with Gasteiger partial charge in [-0.05, 0) is 43.4 Å². The van der Waals surface area contributed by atoms with Crippen molar-refractivity contribution in [2.45, 2.75) is 45.2 Å². The minimum absolute atomic E-state index is 0.591. The van der Waals surface area contributed by atoms with Crippen LogP contribution in [0.4, 0.5) is 0 Å². The average molecular weight is 268 g/mol. The Morgan fingerprint density at radius 2 is 2.11 bits per heavy atom. The topological polar surface area (TPSA) is 21.3 Å². The number of nitrogens with one attached hydrogen (secondary N) is 1. The van der Waals surface area contributed by atoms with Crippen LogP contribution in [0.2, 0.25) is 5.02 Å². The Morgan fingerprint density at radius 3 is 2.72 bits per heavy atom. The van der Waals surface area contributed by atoms with Gasteiger partial charge in [-0.15, -0.1) is 0 Å². The van der Waals surface area contributed by atoms with Crippen LogP contribution in [0, 0.1) is 5.92 Å². The Hall–Kier alpha value is -0.730. The molecule has 1 saturated carbocycles. The molecule has 0 amide bonds. The molecular formula is C15H22ClNO. The summed E-state index contributed by atoms with van der Waals surface area (Å²) in [5.41, 5.74) is 1.21. The van der Waals surface area contributed by atoms with Crippen LogP contribution in [0.5, 0.6) is 5.75 Å². The molecule has 2 rings (SSSR count). The highest BCUT2D eigenvalue weighted by Gasteiger charge is 2.20. The molecular weight excluding hydrogens is 246 g/mol. The molecule has 1 N–H and O–H groups in total. The van der Waals surface area contributed by atoms with Gasteiger partial charge < -0.3 is 10.1 Å². The van der Waals surface area contributed by atoms with Crippen molar-refractivity contribution in [2.24, 2.45) is 5.92 Å². The van der Waals surface area contributed by atoms with Crippen molar-refractivity contribution in [3.8, 4) is 5.75 Å². The Labute approximate surface area is 115 Å². The summed E-state index contributed by atoms with van der Waals surface area (Å²) < 4.78 is 5.15. The number of methoxy groups -OCH3 is 1. The van der Waals surface area contributed by atoms with Gasteiger partial charge in [0.05, 0.1) is 12.1 Å². The maximum atomic E-state index is 6.12. The highest BCUT2D eigenvalue weighted by molar-refractivity contribution is 6.32. The largest absolute Gasteiger partial charge is 0.495 e. The summed E-state index contributed by atoms with van der Waals surface area (Å²) in [6, 6.07) is 6.57. The summed E-state index contributed by atoms with van der Waals surface area (Å²) in [5, 5.41) is 4.29. The molecule has 1 aliphatic carbocycles. The number of rotatable bonds is 5. The lowest BCUT2D eigenvalue weighted by atomic mass is 9.99. The van der Waals surface area contributed by atoms with E-state index in [-0.39, 0.29) is 0 Å². The number of hydrogen-bond donors (Lipinski definition) is 1. The number of hydrogen-bond acceptors (Lipinski definition) is 2. The van der Waals surface area contributed by atoms with Gasteiger partial charge in [-0.1, -0.05) is 30.5 Å². The van der Waals surface area contributed by atoms with Crippen LogP contribution in [0.1, 0.15) is 38.2 Å². The first-order valence-electron chi connectivity index (χ1n) is 6.76. The summed E-state index contributed by atoms with van der Waals surface area (Å²) in [5.74, 6) is 1.59. The molecule has 1 fully saturated rings. The lowest BCUT2D eigenvalue weighted by molar-refractivity contribution is 0.380.